The predicted octanol–water partition coefficient (Wildman–Crippen LogP) is 2.92. The lowest BCUT2D eigenvalue weighted by molar-refractivity contribution is -0.131. The van der Waals surface area contributed by atoms with E-state index in [4.69, 9.17) is 4.74 Å². The number of rotatable bonds is 6. The Labute approximate surface area is 130 Å². The minimum absolute atomic E-state index is 0.0230. The molecule has 1 amide bonds. The first-order chi connectivity index (χ1) is 10.3. The minimum Gasteiger partial charge on any atom is -0.376 e. The number of ether oxygens (including phenoxy) is 1. The Morgan fingerprint density at radius 1 is 1.52 bits per heavy atom. The summed E-state index contributed by atoms with van der Waals surface area (Å²) in [4.78, 5) is 14.7. The Balaban J connectivity index is 1.73. The van der Waals surface area contributed by atoms with Gasteiger partial charge in [-0.15, -0.1) is 0 Å². The van der Waals surface area contributed by atoms with Crippen LogP contribution in [-0.2, 0) is 9.53 Å². The van der Waals surface area contributed by atoms with E-state index in [2.05, 4.69) is 29.1 Å². The molecule has 4 nitrogen and oxygen atoms in total. The van der Waals surface area contributed by atoms with Crippen molar-refractivity contribution in [3.05, 3.63) is 22.4 Å². The van der Waals surface area contributed by atoms with Gasteiger partial charge in [0.1, 0.15) is 6.17 Å². The van der Waals surface area contributed by atoms with Crippen LogP contribution in [0.1, 0.15) is 50.8 Å². The lowest BCUT2D eigenvalue weighted by Crippen LogP contribution is -2.37. The first-order valence-corrected chi connectivity index (χ1v) is 8.94. The third-order valence-electron chi connectivity index (χ3n) is 4.38. The van der Waals surface area contributed by atoms with Gasteiger partial charge in [0, 0.05) is 13.2 Å². The number of carbonyl (C=O) groups excluding carboxylic acids is 1. The molecular weight excluding hydrogens is 284 g/mol. The van der Waals surface area contributed by atoms with Gasteiger partial charge in [0.25, 0.3) is 0 Å². The fourth-order valence-electron chi connectivity index (χ4n) is 3.20. The zero-order valence-electron chi connectivity index (χ0n) is 12.6. The van der Waals surface area contributed by atoms with Gasteiger partial charge < -0.3 is 9.64 Å². The average Bonchev–Trinajstić information content (AvgIpc) is 3.21. The molecule has 1 aromatic rings. The van der Waals surface area contributed by atoms with E-state index in [1.54, 1.807) is 11.3 Å². The predicted molar refractivity (Wildman–Crippen MR) is 84.2 cm³/mol. The van der Waals surface area contributed by atoms with Crippen LogP contribution in [0.15, 0.2) is 16.8 Å². The molecule has 3 rings (SSSR count). The van der Waals surface area contributed by atoms with Gasteiger partial charge in [-0.3, -0.25) is 10.1 Å². The van der Waals surface area contributed by atoms with Gasteiger partial charge in [0.2, 0.25) is 5.91 Å². The molecule has 0 aromatic carbocycles. The summed E-state index contributed by atoms with van der Waals surface area (Å²) in [6.45, 7) is 3.72. The highest BCUT2D eigenvalue weighted by atomic mass is 32.1. The second-order valence-corrected chi connectivity index (χ2v) is 6.73. The van der Waals surface area contributed by atoms with Crippen LogP contribution in [0.25, 0.3) is 0 Å². The zero-order chi connectivity index (χ0) is 14.7. The Hall–Kier alpha value is -0.910. The SMILES string of the molecule is CCCCC1NC(c2ccsc2)N(CC2CCCO2)C1=O. The topological polar surface area (TPSA) is 41.6 Å². The van der Waals surface area contributed by atoms with Crippen molar-refractivity contribution in [2.45, 2.75) is 57.3 Å². The lowest BCUT2D eigenvalue weighted by Gasteiger charge is -2.26. The number of carbonyl (C=O) groups is 1. The number of hydrogen-bond acceptors (Lipinski definition) is 4. The highest BCUT2D eigenvalue weighted by molar-refractivity contribution is 7.07. The van der Waals surface area contributed by atoms with Crippen LogP contribution in [-0.4, -0.2) is 36.1 Å². The van der Waals surface area contributed by atoms with Crippen LogP contribution in [0, 0.1) is 0 Å². The molecule has 1 aromatic heterocycles. The number of nitrogens with one attached hydrogen (secondary N) is 1. The first-order valence-electron chi connectivity index (χ1n) is 8.00. The molecule has 2 aliphatic heterocycles. The van der Waals surface area contributed by atoms with Gasteiger partial charge in [-0.05, 0) is 41.7 Å². The molecule has 0 saturated carbocycles. The standard InChI is InChI=1S/C16H24N2O2S/c1-2-3-6-14-16(19)18(10-13-5-4-8-20-13)15(17-14)12-7-9-21-11-12/h7,9,11,13-15,17H,2-6,8,10H2,1H3. The van der Waals surface area contributed by atoms with Gasteiger partial charge in [0.15, 0.2) is 0 Å². The van der Waals surface area contributed by atoms with E-state index < -0.39 is 0 Å². The highest BCUT2D eigenvalue weighted by Gasteiger charge is 2.40. The second kappa shape index (κ2) is 6.90. The molecule has 0 spiro atoms. The summed E-state index contributed by atoms with van der Waals surface area (Å²) in [7, 11) is 0. The molecular formula is C16H24N2O2S. The van der Waals surface area contributed by atoms with Crippen LogP contribution in [0.3, 0.4) is 0 Å². The fraction of sp³-hybridized carbons (Fsp3) is 0.688. The lowest BCUT2D eigenvalue weighted by atomic mass is 10.1. The quantitative estimate of drug-likeness (QED) is 0.878. The Morgan fingerprint density at radius 3 is 3.10 bits per heavy atom. The van der Waals surface area contributed by atoms with E-state index in [0.717, 1.165) is 45.3 Å². The third-order valence-corrected chi connectivity index (χ3v) is 5.08. The smallest absolute Gasteiger partial charge is 0.241 e. The highest BCUT2D eigenvalue weighted by Crippen LogP contribution is 2.30. The Bertz CT molecular complexity index is 457. The van der Waals surface area contributed by atoms with Crippen LogP contribution in [0.4, 0.5) is 0 Å². The van der Waals surface area contributed by atoms with Gasteiger partial charge in [-0.1, -0.05) is 19.8 Å². The summed E-state index contributed by atoms with van der Waals surface area (Å²) in [5, 5.41) is 7.74. The second-order valence-electron chi connectivity index (χ2n) is 5.95. The molecule has 0 aliphatic carbocycles. The van der Waals surface area contributed by atoms with Gasteiger partial charge in [0.05, 0.1) is 12.1 Å². The summed E-state index contributed by atoms with van der Waals surface area (Å²) in [6, 6.07) is 2.08. The van der Waals surface area contributed by atoms with Crippen molar-refractivity contribution < 1.29 is 9.53 Å². The number of amides is 1. The van der Waals surface area contributed by atoms with E-state index in [0.29, 0.717) is 0 Å². The molecule has 3 heterocycles. The third kappa shape index (κ3) is 3.30. The fourth-order valence-corrected chi connectivity index (χ4v) is 3.88. The molecule has 21 heavy (non-hydrogen) atoms. The maximum atomic E-state index is 12.7. The molecule has 116 valence electrons. The Kier molecular flexibility index (Phi) is 4.93. The van der Waals surface area contributed by atoms with Crippen molar-refractivity contribution >= 4 is 17.2 Å². The summed E-state index contributed by atoms with van der Waals surface area (Å²) in [5.74, 6) is 0.246. The average molecular weight is 308 g/mol. The summed E-state index contributed by atoms with van der Waals surface area (Å²) < 4.78 is 5.73. The maximum Gasteiger partial charge on any atom is 0.241 e. The zero-order valence-corrected chi connectivity index (χ0v) is 13.4. The molecule has 3 atom stereocenters. The Morgan fingerprint density at radius 2 is 2.43 bits per heavy atom. The summed E-state index contributed by atoms with van der Waals surface area (Å²) in [6.07, 6.45) is 5.56. The molecule has 2 fully saturated rings. The number of thiophene rings is 1. The van der Waals surface area contributed by atoms with E-state index in [1.807, 2.05) is 4.90 Å². The molecule has 5 heteroatoms. The molecule has 0 bridgehead atoms. The van der Waals surface area contributed by atoms with Gasteiger partial charge in [-0.25, -0.2) is 0 Å². The van der Waals surface area contributed by atoms with Gasteiger partial charge >= 0.3 is 0 Å². The van der Waals surface area contributed by atoms with Gasteiger partial charge in [-0.2, -0.15) is 11.3 Å². The van der Waals surface area contributed by atoms with Crippen LogP contribution in [0.5, 0.6) is 0 Å². The van der Waals surface area contributed by atoms with Crippen LogP contribution >= 0.6 is 11.3 Å². The maximum absolute atomic E-state index is 12.7. The number of hydrogen-bond donors (Lipinski definition) is 1. The summed E-state index contributed by atoms with van der Waals surface area (Å²) in [5.41, 5.74) is 1.20. The number of nitrogens with zero attached hydrogens (tertiary/aromatic N) is 1. The summed E-state index contributed by atoms with van der Waals surface area (Å²) >= 11 is 1.68. The van der Waals surface area contributed by atoms with Crippen LogP contribution in [0.2, 0.25) is 0 Å². The molecule has 1 N–H and O–H groups in total. The van der Waals surface area contributed by atoms with Crippen molar-refractivity contribution in [1.29, 1.82) is 0 Å². The van der Waals surface area contributed by atoms with E-state index in [-0.39, 0.29) is 24.2 Å². The van der Waals surface area contributed by atoms with Crippen LogP contribution < -0.4 is 5.32 Å². The largest absolute Gasteiger partial charge is 0.376 e. The molecule has 0 radical (unpaired) electrons. The van der Waals surface area contributed by atoms with E-state index in [9.17, 15) is 4.79 Å². The first kappa shape index (κ1) is 15.0. The van der Waals surface area contributed by atoms with Crippen molar-refractivity contribution in [3.8, 4) is 0 Å². The van der Waals surface area contributed by atoms with Crippen molar-refractivity contribution in [2.24, 2.45) is 0 Å². The van der Waals surface area contributed by atoms with E-state index in [1.165, 1.54) is 5.56 Å². The molecule has 2 saturated heterocycles. The normalized spacial score (nSPS) is 29.5. The van der Waals surface area contributed by atoms with E-state index >= 15 is 0 Å². The van der Waals surface area contributed by atoms with Crippen molar-refractivity contribution in [1.82, 2.24) is 10.2 Å². The van der Waals surface area contributed by atoms with Crippen molar-refractivity contribution in [3.63, 3.8) is 0 Å². The minimum atomic E-state index is -0.0312. The molecule has 3 unspecified atom stereocenters. The number of unbranched alkanes of at least 4 members (excludes halogenated alkanes) is 1. The molecule has 2 aliphatic rings. The van der Waals surface area contributed by atoms with Crippen molar-refractivity contribution in [2.75, 3.05) is 13.2 Å². The monoisotopic (exact) mass is 308 g/mol.